The van der Waals surface area contributed by atoms with Crippen molar-refractivity contribution in [2.24, 2.45) is 0 Å². The number of aromatic amines is 1. The van der Waals surface area contributed by atoms with Gasteiger partial charge in [-0.25, -0.2) is 15.0 Å². The van der Waals surface area contributed by atoms with Gasteiger partial charge < -0.3 is 10.3 Å². The van der Waals surface area contributed by atoms with Crippen LogP contribution < -0.4 is 10.9 Å². The molecule has 8 nitrogen and oxygen atoms in total. The van der Waals surface area contributed by atoms with Gasteiger partial charge in [-0.05, 0) is 43.5 Å². The van der Waals surface area contributed by atoms with Gasteiger partial charge in [0.25, 0.3) is 5.56 Å². The lowest BCUT2D eigenvalue weighted by Crippen LogP contribution is -2.26. The number of imidazole rings is 1. The summed E-state index contributed by atoms with van der Waals surface area (Å²) in [5.74, 6) is 0.576. The van der Waals surface area contributed by atoms with Gasteiger partial charge in [-0.1, -0.05) is 23.7 Å². The predicted octanol–water partition coefficient (Wildman–Crippen LogP) is 4.19. The van der Waals surface area contributed by atoms with Gasteiger partial charge in [0.2, 0.25) is 0 Å². The van der Waals surface area contributed by atoms with Crippen molar-refractivity contribution in [3.63, 3.8) is 0 Å². The summed E-state index contributed by atoms with van der Waals surface area (Å²) < 4.78 is 1.66. The number of H-pyrrole nitrogens is 1. The zero-order chi connectivity index (χ0) is 21.5. The Morgan fingerprint density at radius 1 is 1.13 bits per heavy atom. The van der Waals surface area contributed by atoms with Gasteiger partial charge in [-0.2, -0.15) is 0 Å². The van der Waals surface area contributed by atoms with Gasteiger partial charge in [0.05, 0.1) is 34.2 Å². The lowest BCUT2D eigenvalue weighted by molar-refractivity contribution is 0.769. The standard InChI is InChI=1S/C22H18ClN7O/c1-12-16(7-4-8-24-12)30-17(9-14-5-3-6-15(23)18(14)22(30)31)13(2)29-21-19-20(26-10-25-19)27-11-28-21/h3-11,13H,1-2H3,(H2,25,26,27,28,29)/t13-/m1/s1. The number of fused-ring (bicyclic) bond motifs is 2. The summed E-state index contributed by atoms with van der Waals surface area (Å²) >= 11 is 6.40. The number of rotatable bonds is 4. The van der Waals surface area contributed by atoms with Crippen molar-refractivity contribution in [1.82, 2.24) is 29.5 Å². The molecule has 9 heteroatoms. The van der Waals surface area contributed by atoms with Crippen LogP contribution in [0.15, 0.2) is 60.0 Å². The van der Waals surface area contributed by atoms with Crippen LogP contribution in [0, 0.1) is 6.92 Å². The van der Waals surface area contributed by atoms with Crippen LogP contribution in [0.1, 0.15) is 24.4 Å². The minimum Gasteiger partial charge on any atom is -0.360 e. The maximum Gasteiger partial charge on any atom is 0.264 e. The van der Waals surface area contributed by atoms with Crippen molar-refractivity contribution < 1.29 is 0 Å². The molecule has 0 bridgehead atoms. The topological polar surface area (TPSA) is 101 Å². The average Bonchev–Trinajstić information content (AvgIpc) is 3.24. The Hall–Kier alpha value is -3.78. The first-order valence-electron chi connectivity index (χ1n) is 9.71. The van der Waals surface area contributed by atoms with E-state index in [4.69, 9.17) is 11.6 Å². The fourth-order valence-corrected chi connectivity index (χ4v) is 4.03. The zero-order valence-corrected chi connectivity index (χ0v) is 17.6. The monoisotopic (exact) mass is 431 g/mol. The molecule has 1 atom stereocenters. The van der Waals surface area contributed by atoms with E-state index in [9.17, 15) is 4.79 Å². The average molecular weight is 432 g/mol. The lowest BCUT2D eigenvalue weighted by Gasteiger charge is -2.22. The third-order valence-corrected chi connectivity index (χ3v) is 5.57. The summed E-state index contributed by atoms with van der Waals surface area (Å²) in [6.07, 6.45) is 4.74. The van der Waals surface area contributed by atoms with Crippen molar-refractivity contribution in [1.29, 1.82) is 0 Å². The molecule has 0 radical (unpaired) electrons. The number of hydrogen-bond donors (Lipinski definition) is 2. The highest BCUT2D eigenvalue weighted by Crippen LogP contribution is 2.28. The van der Waals surface area contributed by atoms with Gasteiger partial charge in [0.1, 0.15) is 11.8 Å². The molecule has 5 rings (SSSR count). The number of benzene rings is 1. The van der Waals surface area contributed by atoms with Crippen molar-refractivity contribution in [2.75, 3.05) is 5.32 Å². The van der Waals surface area contributed by atoms with Crippen LogP contribution >= 0.6 is 11.6 Å². The maximum absolute atomic E-state index is 13.6. The highest BCUT2D eigenvalue weighted by molar-refractivity contribution is 6.35. The van der Waals surface area contributed by atoms with Crippen molar-refractivity contribution in [3.8, 4) is 5.69 Å². The summed E-state index contributed by atoms with van der Waals surface area (Å²) in [6.45, 7) is 3.84. The third-order valence-electron chi connectivity index (χ3n) is 5.26. The van der Waals surface area contributed by atoms with Crippen LogP contribution in [-0.4, -0.2) is 29.5 Å². The first-order valence-corrected chi connectivity index (χ1v) is 10.1. The summed E-state index contributed by atoms with van der Waals surface area (Å²) in [5.41, 5.74) is 3.25. The molecular formula is C22H18ClN7O. The zero-order valence-electron chi connectivity index (χ0n) is 16.8. The molecule has 1 aromatic carbocycles. The number of anilines is 1. The van der Waals surface area contributed by atoms with Crippen LogP contribution in [0.3, 0.4) is 0 Å². The van der Waals surface area contributed by atoms with Gasteiger partial charge in [0, 0.05) is 11.9 Å². The second kappa shape index (κ2) is 7.48. The molecule has 0 amide bonds. The van der Waals surface area contributed by atoms with E-state index in [1.54, 1.807) is 23.2 Å². The first-order chi connectivity index (χ1) is 15.0. The van der Waals surface area contributed by atoms with Gasteiger partial charge in [-0.3, -0.25) is 14.3 Å². The molecule has 2 N–H and O–H groups in total. The molecule has 154 valence electrons. The Morgan fingerprint density at radius 3 is 2.84 bits per heavy atom. The molecule has 0 spiro atoms. The molecule has 0 saturated heterocycles. The summed E-state index contributed by atoms with van der Waals surface area (Å²) in [6, 6.07) is 10.8. The fraction of sp³-hybridized carbons (Fsp3) is 0.136. The fourth-order valence-electron chi connectivity index (χ4n) is 3.77. The molecule has 0 aliphatic carbocycles. The first kappa shape index (κ1) is 19.2. The Labute approximate surface area is 182 Å². The molecule has 0 saturated carbocycles. The Balaban J connectivity index is 1.74. The van der Waals surface area contributed by atoms with Crippen molar-refractivity contribution in [3.05, 3.63) is 82.0 Å². The van der Waals surface area contributed by atoms with Crippen LogP contribution in [0.4, 0.5) is 5.82 Å². The second-order valence-corrected chi connectivity index (χ2v) is 7.62. The number of aryl methyl sites for hydroxylation is 1. The van der Waals surface area contributed by atoms with E-state index < -0.39 is 0 Å². The second-order valence-electron chi connectivity index (χ2n) is 7.21. The van der Waals surface area contributed by atoms with E-state index in [1.807, 2.05) is 44.2 Å². The van der Waals surface area contributed by atoms with Gasteiger partial charge >= 0.3 is 0 Å². The minimum absolute atomic E-state index is 0.199. The molecule has 0 aliphatic rings. The summed E-state index contributed by atoms with van der Waals surface area (Å²) in [4.78, 5) is 33.8. The van der Waals surface area contributed by atoms with E-state index in [1.165, 1.54) is 6.33 Å². The van der Waals surface area contributed by atoms with E-state index >= 15 is 0 Å². The molecule has 4 aromatic heterocycles. The number of nitrogens with zero attached hydrogens (tertiary/aromatic N) is 5. The molecule has 4 heterocycles. The van der Waals surface area contributed by atoms with Crippen LogP contribution in [-0.2, 0) is 0 Å². The summed E-state index contributed by atoms with van der Waals surface area (Å²) in [5, 5.41) is 5.03. The molecular weight excluding hydrogens is 414 g/mol. The molecule has 0 unspecified atom stereocenters. The van der Waals surface area contributed by atoms with E-state index in [0.29, 0.717) is 33.1 Å². The normalized spacial score (nSPS) is 12.4. The Bertz CT molecular complexity index is 1490. The maximum atomic E-state index is 13.6. The largest absolute Gasteiger partial charge is 0.360 e. The molecule has 0 aliphatic heterocycles. The van der Waals surface area contributed by atoms with E-state index in [-0.39, 0.29) is 11.6 Å². The lowest BCUT2D eigenvalue weighted by atomic mass is 10.1. The number of hydrogen-bond acceptors (Lipinski definition) is 6. The number of pyridine rings is 2. The summed E-state index contributed by atoms with van der Waals surface area (Å²) in [7, 11) is 0. The highest BCUT2D eigenvalue weighted by atomic mass is 35.5. The number of halogens is 1. The van der Waals surface area contributed by atoms with E-state index in [0.717, 1.165) is 16.8 Å². The third kappa shape index (κ3) is 3.21. The van der Waals surface area contributed by atoms with Crippen molar-refractivity contribution >= 4 is 39.4 Å². The van der Waals surface area contributed by atoms with Crippen LogP contribution in [0.5, 0.6) is 0 Å². The smallest absolute Gasteiger partial charge is 0.264 e. The Kier molecular flexibility index (Phi) is 4.63. The molecule has 31 heavy (non-hydrogen) atoms. The van der Waals surface area contributed by atoms with E-state index in [2.05, 4.69) is 30.2 Å². The number of aromatic nitrogens is 6. The van der Waals surface area contributed by atoms with Gasteiger partial charge in [-0.15, -0.1) is 0 Å². The van der Waals surface area contributed by atoms with Crippen LogP contribution in [0.25, 0.3) is 27.6 Å². The minimum atomic E-state index is -0.287. The quantitative estimate of drug-likeness (QED) is 0.442. The molecule has 5 aromatic rings. The van der Waals surface area contributed by atoms with Crippen LogP contribution in [0.2, 0.25) is 5.02 Å². The van der Waals surface area contributed by atoms with Crippen molar-refractivity contribution in [2.45, 2.75) is 19.9 Å². The van der Waals surface area contributed by atoms with Gasteiger partial charge in [0.15, 0.2) is 11.5 Å². The highest BCUT2D eigenvalue weighted by Gasteiger charge is 2.20. The molecule has 0 fully saturated rings. The predicted molar refractivity (Wildman–Crippen MR) is 121 cm³/mol. The number of nitrogens with one attached hydrogen (secondary N) is 2. The SMILES string of the molecule is Cc1ncccc1-n1c([C@@H](C)Nc2ncnc3[nH]cnc23)cc2cccc(Cl)c2c1=O. The Morgan fingerprint density at radius 2 is 2.00 bits per heavy atom.